The summed E-state index contributed by atoms with van der Waals surface area (Å²) in [6.07, 6.45) is 18.9. The fourth-order valence-corrected chi connectivity index (χ4v) is 4.76. The van der Waals surface area contributed by atoms with Gasteiger partial charge >= 0.3 is 5.97 Å². The van der Waals surface area contributed by atoms with E-state index in [2.05, 4.69) is 12.2 Å². The number of ether oxygens (including phenoxy) is 2. The third-order valence-electron chi connectivity index (χ3n) is 7.04. The highest BCUT2D eigenvalue weighted by Crippen LogP contribution is 2.20. The highest BCUT2D eigenvalue weighted by atomic mass is 16.5. The predicted molar refractivity (Wildman–Crippen MR) is 161 cm³/mol. The average Bonchev–Trinajstić information content (AvgIpc) is 2.94. The van der Waals surface area contributed by atoms with Gasteiger partial charge in [0.2, 0.25) is 5.91 Å². The van der Waals surface area contributed by atoms with E-state index < -0.39 is 11.9 Å². The number of rotatable bonds is 22. The van der Waals surface area contributed by atoms with Crippen LogP contribution >= 0.6 is 0 Å². The lowest BCUT2D eigenvalue weighted by Gasteiger charge is -2.16. The maximum atomic E-state index is 13.0. The molecular weight excluding hydrogens is 486 g/mol. The molecule has 39 heavy (non-hydrogen) atoms. The van der Waals surface area contributed by atoms with Crippen LogP contribution in [0.2, 0.25) is 0 Å². The minimum Gasteiger partial charge on any atom is -0.494 e. The molecule has 0 spiro atoms. The van der Waals surface area contributed by atoms with E-state index in [0.29, 0.717) is 18.7 Å². The van der Waals surface area contributed by atoms with Gasteiger partial charge in [0.05, 0.1) is 13.2 Å². The number of hydrogen-bond acceptors (Lipinski definition) is 4. The average molecular weight is 538 g/mol. The molecule has 0 aliphatic carbocycles. The van der Waals surface area contributed by atoms with Gasteiger partial charge in [0.15, 0.2) is 0 Å². The van der Waals surface area contributed by atoms with Gasteiger partial charge < -0.3 is 14.8 Å². The number of amides is 1. The number of carbonyl (C=O) groups excluding carboxylic acids is 2. The van der Waals surface area contributed by atoms with Crippen molar-refractivity contribution in [2.75, 3.05) is 18.5 Å². The number of esters is 1. The summed E-state index contributed by atoms with van der Waals surface area (Å²) in [5, 5.41) is 2.88. The second kappa shape index (κ2) is 21.1. The summed E-state index contributed by atoms with van der Waals surface area (Å²) in [7, 11) is 0. The first-order valence-electron chi connectivity index (χ1n) is 15.4. The van der Waals surface area contributed by atoms with Crippen molar-refractivity contribution >= 4 is 17.6 Å². The smallest absolute Gasteiger partial charge is 0.318 e. The molecule has 0 bridgehead atoms. The molecule has 0 aliphatic heterocycles. The molecule has 0 saturated carbocycles. The van der Waals surface area contributed by atoms with Gasteiger partial charge in [-0.1, -0.05) is 127 Å². The Morgan fingerprint density at radius 2 is 1.31 bits per heavy atom. The first-order valence-corrected chi connectivity index (χ1v) is 15.4. The Morgan fingerprint density at radius 3 is 1.90 bits per heavy atom. The second-order valence-corrected chi connectivity index (χ2v) is 10.5. The van der Waals surface area contributed by atoms with Crippen molar-refractivity contribution in [1.29, 1.82) is 0 Å². The van der Waals surface area contributed by atoms with Crippen molar-refractivity contribution in [3.63, 3.8) is 0 Å². The molecule has 1 N–H and O–H groups in total. The molecule has 5 nitrogen and oxygen atoms in total. The summed E-state index contributed by atoms with van der Waals surface area (Å²) in [4.78, 5) is 25.5. The van der Waals surface area contributed by atoms with Crippen LogP contribution < -0.4 is 10.1 Å². The highest BCUT2D eigenvalue weighted by Gasteiger charge is 2.28. The molecule has 1 unspecified atom stereocenters. The molecular formula is C34H51NO4. The highest BCUT2D eigenvalue weighted by molar-refractivity contribution is 6.05. The van der Waals surface area contributed by atoms with Gasteiger partial charge in [0, 0.05) is 11.8 Å². The zero-order chi connectivity index (χ0) is 28.0. The van der Waals surface area contributed by atoms with E-state index in [9.17, 15) is 9.59 Å². The number of unbranched alkanes of at least 4 members (excludes halogenated alkanes) is 13. The standard InChI is InChI=1S/C34H51NO4/c1-3-5-6-7-8-9-10-11-12-13-14-15-16-20-26-39-31-25-21-24-30(28-31)35-33(36)32(34(37)38-4-2)27-29-22-18-17-19-23-29/h17-19,21-25,28,32H,3-16,20,26-27H2,1-2H3,(H,35,36). The van der Waals surface area contributed by atoms with Gasteiger partial charge in [-0.2, -0.15) is 0 Å². The Morgan fingerprint density at radius 1 is 0.718 bits per heavy atom. The molecule has 0 radical (unpaired) electrons. The van der Waals surface area contributed by atoms with Crippen molar-refractivity contribution in [2.24, 2.45) is 5.92 Å². The van der Waals surface area contributed by atoms with Crippen LogP contribution in [0.4, 0.5) is 5.69 Å². The number of hydrogen-bond donors (Lipinski definition) is 1. The quantitative estimate of drug-likeness (QED) is 0.0925. The van der Waals surface area contributed by atoms with Gasteiger partial charge in [-0.05, 0) is 37.5 Å². The first-order chi connectivity index (χ1) is 19.1. The van der Waals surface area contributed by atoms with Crippen LogP contribution in [0, 0.1) is 5.92 Å². The Labute approximate surface area is 237 Å². The minimum absolute atomic E-state index is 0.236. The van der Waals surface area contributed by atoms with Gasteiger partial charge in [-0.15, -0.1) is 0 Å². The summed E-state index contributed by atoms with van der Waals surface area (Å²) >= 11 is 0. The van der Waals surface area contributed by atoms with Gasteiger partial charge in [-0.25, -0.2) is 0 Å². The Kier molecular flexibility index (Phi) is 17.5. The lowest BCUT2D eigenvalue weighted by atomic mass is 9.98. The zero-order valence-electron chi connectivity index (χ0n) is 24.4. The van der Waals surface area contributed by atoms with Gasteiger partial charge in [-0.3, -0.25) is 9.59 Å². The Balaban J connectivity index is 1.62. The van der Waals surface area contributed by atoms with Crippen LogP contribution in [0.15, 0.2) is 54.6 Å². The van der Waals surface area contributed by atoms with Crippen LogP contribution in [0.5, 0.6) is 5.75 Å². The van der Waals surface area contributed by atoms with Crippen LogP contribution in [-0.4, -0.2) is 25.1 Å². The van der Waals surface area contributed by atoms with Crippen molar-refractivity contribution < 1.29 is 19.1 Å². The van der Waals surface area contributed by atoms with Crippen molar-refractivity contribution in [3.05, 3.63) is 60.2 Å². The molecule has 216 valence electrons. The lowest BCUT2D eigenvalue weighted by Crippen LogP contribution is -2.33. The summed E-state index contributed by atoms with van der Waals surface area (Å²) in [5.74, 6) is -1.07. The van der Waals surface area contributed by atoms with E-state index in [1.165, 1.54) is 83.5 Å². The van der Waals surface area contributed by atoms with Crippen molar-refractivity contribution in [2.45, 2.75) is 110 Å². The molecule has 5 heteroatoms. The largest absolute Gasteiger partial charge is 0.494 e. The second-order valence-electron chi connectivity index (χ2n) is 10.5. The number of benzene rings is 2. The van der Waals surface area contributed by atoms with E-state index in [4.69, 9.17) is 9.47 Å². The third-order valence-corrected chi connectivity index (χ3v) is 7.04. The SMILES string of the molecule is CCCCCCCCCCCCCCCCOc1cccc(NC(=O)C(Cc2ccccc2)C(=O)OCC)c1. The molecule has 2 aromatic rings. The molecule has 0 aromatic heterocycles. The Bertz CT molecular complexity index is 914. The van der Waals surface area contributed by atoms with Crippen LogP contribution in [0.1, 0.15) is 109 Å². The summed E-state index contributed by atoms with van der Waals surface area (Å²) in [6.45, 7) is 4.91. The van der Waals surface area contributed by atoms with Crippen molar-refractivity contribution in [3.8, 4) is 5.75 Å². The van der Waals surface area contributed by atoms with E-state index in [-0.39, 0.29) is 12.5 Å². The maximum Gasteiger partial charge on any atom is 0.318 e. The van der Waals surface area contributed by atoms with Crippen molar-refractivity contribution in [1.82, 2.24) is 0 Å². The topological polar surface area (TPSA) is 64.6 Å². The Hall–Kier alpha value is -2.82. The molecule has 0 saturated heterocycles. The van der Waals surface area contributed by atoms with Crippen LogP contribution in [0.3, 0.4) is 0 Å². The summed E-state index contributed by atoms with van der Waals surface area (Å²) < 4.78 is 11.1. The normalized spacial score (nSPS) is 11.6. The molecule has 2 rings (SSSR count). The van der Waals surface area contributed by atoms with E-state index in [0.717, 1.165) is 17.7 Å². The molecule has 0 aliphatic rings. The van der Waals surface area contributed by atoms with Gasteiger partial charge in [0.1, 0.15) is 11.7 Å². The third kappa shape index (κ3) is 14.8. The number of anilines is 1. The van der Waals surface area contributed by atoms with E-state index in [1.54, 1.807) is 6.92 Å². The van der Waals surface area contributed by atoms with E-state index >= 15 is 0 Å². The zero-order valence-corrected chi connectivity index (χ0v) is 24.4. The van der Waals surface area contributed by atoms with Crippen LogP contribution in [-0.2, 0) is 20.7 Å². The fourth-order valence-electron chi connectivity index (χ4n) is 4.76. The van der Waals surface area contributed by atoms with E-state index in [1.807, 2.05) is 54.6 Å². The molecule has 0 heterocycles. The molecule has 1 amide bonds. The van der Waals surface area contributed by atoms with Gasteiger partial charge in [0.25, 0.3) is 0 Å². The first kappa shape index (κ1) is 32.4. The number of nitrogens with one attached hydrogen (secondary N) is 1. The molecule has 2 aromatic carbocycles. The molecule has 0 fully saturated rings. The molecule has 1 atom stereocenters. The minimum atomic E-state index is -0.910. The summed E-state index contributed by atoms with van der Waals surface area (Å²) in [5.41, 5.74) is 1.52. The number of carbonyl (C=O) groups is 2. The maximum absolute atomic E-state index is 13.0. The summed E-state index contributed by atoms with van der Waals surface area (Å²) in [6, 6.07) is 16.9. The van der Waals surface area contributed by atoms with Crippen LogP contribution in [0.25, 0.3) is 0 Å². The monoisotopic (exact) mass is 537 g/mol. The predicted octanol–water partition coefficient (Wildman–Crippen LogP) is 8.91. The fraction of sp³-hybridized carbons (Fsp3) is 0.588. The lowest BCUT2D eigenvalue weighted by molar-refractivity contribution is -0.150.